The molecule has 13 nitrogen and oxygen atoms in total. The number of carboxylic acid groups (broad SMARTS) is 1. The van der Waals surface area contributed by atoms with Crippen LogP contribution >= 0.6 is 0 Å². The standard InChI is InChI=1S/C32H33NO12/c1-16(29(39)45-25(28(37)38)17-6-4-3-5-7-17)42-30(40)20(35)15-23(36)43-21-10-11-32(41)22-14-18-8-9-19(34)26-24(18)31(32,27(21)44-26)12-13-33(22)2/h3-10,16,20,22,25,27,34-35,41H,11-15H2,1-2H3,(H,37,38)/t16?,20?,22-,25+,27+,31+,32-/m1/s1. The molecule has 6 rings (SSSR count). The highest BCUT2D eigenvalue weighted by Gasteiger charge is 2.72. The summed E-state index contributed by atoms with van der Waals surface area (Å²) in [4.78, 5) is 51.7. The van der Waals surface area contributed by atoms with Crippen molar-refractivity contribution < 1.29 is 58.6 Å². The Morgan fingerprint density at radius 3 is 2.53 bits per heavy atom. The van der Waals surface area contributed by atoms with Crippen molar-refractivity contribution in [2.45, 2.75) is 74.1 Å². The van der Waals surface area contributed by atoms with E-state index in [1.54, 1.807) is 30.3 Å². The van der Waals surface area contributed by atoms with Gasteiger partial charge in [0.2, 0.25) is 6.10 Å². The number of esters is 3. The van der Waals surface area contributed by atoms with Gasteiger partial charge in [-0.15, -0.1) is 0 Å². The Morgan fingerprint density at radius 2 is 1.82 bits per heavy atom. The zero-order valence-corrected chi connectivity index (χ0v) is 24.5. The number of hydrogen-bond acceptors (Lipinski definition) is 12. The molecule has 0 amide bonds. The number of carboxylic acids is 1. The smallest absolute Gasteiger partial charge is 0.349 e. The fraction of sp³-hybridized carbons (Fsp3) is 0.438. The van der Waals surface area contributed by atoms with E-state index in [0.717, 1.165) is 12.5 Å². The zero-order valence-electron chi connectivity index (χ0n) is 24.5. The van der Waals surface area contributed by atoms with Gasteiger partial charge in [0, 0.05) is 23.6 Å². The quantitative estimate of drug-likeness (QED) is 0.231. The summed E-state index contributed by atoms with van der Waals surface area (Å²) in [5.41, 5.74) is -0.413. The summed E-state index contributed by atoms with van der Waals surface area (Å²) in [6.45, 7) is 1.77. The number of phenolic OH excluding ortho intramolecular Hbond substituents is 1. The largest absolute Gasteiger partial charge is 0.504 e. The van der Waals surface area contributed by atoms with Crippen molar-refractivity contribution in [1.82, 2.24) is 4.90 Å². The number of ether oxygens (including phenoxy) is 4. The third-order valence-corrected chi connectivity index (χ3v) is 9.40. The molecular formula is C32H33NO12. The molecule has 2 unspecified atom stereocenters. The van der Waals surface area contributed by atoms with Crippen LogP contribution in [0.25, 0.3) is 0 Å². The number of aliphatic carboxylic acids is 1. The minimum atomic E-state index is -2.02. The Labute approximate surface area is 257 Å². The summed E-state index contributed by atoms with van der Waals surface area (Å²) < 4.78 is 21.8. The lowest BCUT2D eigenvalue weighted by Crippen LogP contribution is -2.74. The van der Waals surface area contributed by atoms with E-state index in [1.807, 2.05) is 13.1 Å². The maximum absolute atomic E-state index is 13.0. The van der Waals surface area contributed by atoms with Crippen LogP contribution in [-0.4, -0.2) is 92.8 Å². The second-order valence-corrected chi connectivity index (χ2v) is 11.9. The van der Waals surface area contributed by atoms with E-state index in [9.17, 15) is 39.6 Å². The number of piperidine rings is 1. The second kappa shape index (κ2) is 11.2. The van der Waals surface area contributed by atoms with Crippen LogP contribution in [0.4, 0.5) is 0 Å². The molecule has 2 aromatic carbocycles. The summed E-state index contributed by atoms with van der Waals surface area (Å²) >= 11 is 0. The molecule has 0 radical (unpaired) electrons. The first-order chi connectivity index (χ1) is 21.4. The van der Waals surface area contributed by atoms with Crippen molar-refractivity contribution in [2.24, 2.45) is 0 Å². The third kappa shape index (κ3) is 4.82. The first kappa shape index (κ1) is 30.6. The topological polar surface area (TPSA) is 189 Å². The predicted molar refractivity (Wildman–Crippen MR) is 152 cm³/mol. The number of nitrogens with zero attached hydrogens (tertiary/aromatic N) is 1. The van der Waals surface area contributed by atoms with Crippen molar-refractivity contribution in [3.63, 3.8) is 0 Å². The van der Waals surface area contributed by atoms with E-state index >= 15 is 0 Å². The summed E-state index contributed by atoms with van der Waals surface area (Å²) in [5.74, 6) is -4.68. The number of aromatic hydroxyl groups is 1. The van der Waals surface area contributed by atoms with Gasteiger partial charge in [0.25, 0.3) is 0 Å². The van der Waals surface area contributed by atoms with Gasteiger partial charge in [0.05, 0.1) is 17.4 Å². The SMILES string of the molecule is CC(OC(=O)C(O)CC(=O)OC1=CC[C@@]2(O)[C@H]3Cc4ccc(O)c5c4[C@@]2(CCN3C)[C@H]1O5)C(=O)O[C@H](C(=O)O)c1ccccc1. The minimum absolute atomic E-state index is 0.0906. The van der Waals surface area contributed by atoms with Gasteiger partial charge in [0.15, 0.2) is 29.8 Å². The minimum Gasteiger partial charge on any atom is -0.504 e. The molecule has 1 saturated heterocycles. The molecule has 4 aliphatic rings. The number of benzene rings is 2. The van der Waals surface area contributed by atoms with Crippen molar-refractivity contribution >= 4 is 23.9 Å². The monoisotopic (exact) mass is 623 g/mol. The summed E-state index contributed by atoms with van der Waals surface area (Å²) in [5, 5.41) is 42.7. The average molecular weight is 624 g/mol. The highest BCUT2D eigenvalue weighted by atomic mass is 16.6. The molecule has 4 N–H and O–H groups in total. The number of aliphatic hydroxyl groups is 2. The number of carbonyl (C=O) groups excluding carboxylic acids is 3. The predicted octanol–water partition coefficient (Wildman–Crippen LogP) is 1.26. The van der Waals surface area contributed by atoms with Crippen LogP contribution in [-0.2, 0) is 45.2 Å². The maximum Gasteiger partial charge on any atom is 0.349 e. The normalized spacial score (nSPS) is 28.0. The van der Waals surface area contributed by atoms with Gasteiger partial charge in [0.1, 0.15) is 5.76 Å². The van der Waals surface area contributed by atoms with Gasteiger partial charge < -0.3 is 44.3 Å². The van der Waals surface area contributed by atoms with Gasteiger partial charge in [-0.05, 0) is 51.1 Å². The first-order valence-electron chi connectivity index (χ1n) is 14.6. The van der Waals surface area contributed by atoms with Crippen LogP contribution in [0.1, 0.15) is 49.0 Å². The molecule has 2 aliphatic carbocycles. The Kier molecular flexibility index (Phi) is 7.58. The van der Waals surface area contributed by atoms with Gasteiger partial charge in [-0.1, -0.05) is 36.4 Å². The molecule has 2 bridgehead atoms. The van der Waals surface area contributed by atoms with E-state index in [2.05, 4.69) is 4.90 Å². The van der Waals surface area contributed by atoms with Crippen LogP contribution in [0.5, 0.6) is 11.5 Å². The van der Waals surface area contributed by atoms with E-state index in [-0.39, 0.29) is 35.3 Å². The molecule has 13 heteroatoms. The fourth-order valence-corrected chi connectivity index (χ4v) is 7.25. The number of hydrogen-bond donors (Lipinski definition) is 4. The lowest BCUT2D eigenvalue weighted by Gasteiger charge is -2.61. The van der Waals surface area contributed by atoms with Crippen LogP contribution < -0.4 is 4.74 Å². The van der Waals surface area contributed by atoms with E-state index < -0.39 is 65.7 Å². The summed E-state index contributed by atoms with van der Waals surface area (Å²) in [6.07, 6.45) is -4.30. The molecule has 2 heterocycles. The summed E-state index contributed by atoms with van der Waals surface area (Å²) in [7, 11) is 1.95. The molecule has 0 aromatic heterocycles. The highest BCUT2D eigenvalue weighted by Crippen LogP contribution is 2.65. The lowest BCUT2D eigenvalue weighted by atomic mass is 9.50. The van der Waals surface area contributed by atoms with Gasteiger partial charge >= 0.3 is 23.9 Å². The molecular weight excluding hydrogens is 590 g/mol. The van der Waals surface area contributed by atoms with E-state index in [4.69, 9.17) is 18.9 Å². The molecule has 0 saturated carbocycles. The van der Waals surface area contributed by atoms with Crippen LogP contribution in [0.15, 0.2) is 54.3 Å². The molecule has 2 aromatic rings. The van der Waals surface area contributed by atoms with Crippen LogP contribution in [0.2, 0.25) is 0 Å². The maximum atomic E-state index is 13.0. The number of phenols is 1. The Hall–Kier alpha value is -4.46. The number of rotatable bonds is 9. The van der Waals surface area contributed by atoms with E-state index in [1.165, 1.54) is 12.1 Å². The lowest BCUT2D eigenvalue weighted by molar-refractivity contribution is -0.180. The van der Waals surface area contributed by atoms with Gasteiger partial charge in [-0.3, -0.25) is 4.79 Å². The average Bonchev–Trinajstić information content (AvgIpc) is 3.37. The van der Waals surface area contributed by atoms with E-state index in [0.29, 0.717) is 24.9 Å². The van der Waals surface area contributed by atoms with Crippen molar-refractivity contribution in [3.05, 3.63) is 71.0 Å². The Bertz CT molecular complexity index is 1590. The molecule has 238 valence electrons. The fourth-order valence-electron chi connectivity index (χ4n) is 7.25. The van der Waals surface area contributed by atoms with Crippen molar-refractivity contribution in [3.8, 4) is 11.5 Å². The second-order valence-electron chi connectivity index (χ2n) is 11.9. The molecule has 2 aliphatic heterocycles. The zero-order chi connectivity index (χ0) is 32.3. The molecule has 45 heavy (non-hydrogen) atoms. The molecule has 7 atom stereocenters. The summed E-state index contributed by atoms with van der Waals surface area (Å²) in [6, 6.07) is 10.8. The van der Waals surface area contributed by atoms with Crippen LogP contribution in [0, 0.1) is 0 Å². The Balaban J connectivity index is 1.12. The Morgan fingerprint density at radius 1 is 1.09 bits per heavy atom. The van der Waals surface area contributed by atoms with Crippen LogP contribution in [0.3, 0.4) is 0 Å². The highest BCUT2D eigenvalue weighted by molar-refractivity contribution is 5.86. The molecule has 1 fully saturated rings. The van der Waals surface area contributed by atoms with Crippen molar-refractivity contribution in [1.29, 1.82) is 0 Å². The number of likely N-dealkylation sites (N-methyl/N-ethyl adjacent to an activating group) is 1. The third-order valence-electron chi connectivity index (χ3n) is 9.40. The van der Waals surface area contributed by atoms with Gasteiger partial charge in [-0.2, -0.15) is 0 Å². The number of carbonyl (C=O) groups is 4. The number of likely N-dealkylation sites (tertiary alicyclic amines) is 1. The first-order valence-corrected chi connectivity index (χ1v) is 14.6. The van der Waals surface area contributed by atoms with Crippen molar-refractivity contribution in [2.75, 3.05) is 13.6 Å². The number of aliphatic hydroxyl groups excluding tert-OH is 1. The van der Waals surface area contributed by atoms with Gasteiger partial charge in [-0.25, -0.2) is 14.4 Å². The molecule has 1 spiro atoms.